The van der Waals surface area contributed by atoms with Gasteiger partial charge >= 0.3 is 0 Å². The van der Waals surface area contributed by atoms with Crippen molar-refractivity contribution in [2.45, 2.75) is 0 Å². The normalized spacial score (nSPS) is 10.1. The van der Waals surface area contributed by atoms with Gasteiger partial charge in [-0.05, 0) is 18.2 Å². The van der Waals surface area contributed by atoms with Gasteiger partial charge in [-0.1, -0.05) is 11.6 Å². The fourth-order valence-corrected chi connectivity index (χ4v) is 1.36. The van der Waals surface area contributed by atoms with Gasteiger partial charge in [0.05, 0.1) is 17.2 Å². The van der Waals surface area contributed by atoms with Crippen LogP contribution in [0, 0.1) is 0 Å². The first-order chi connectivity index (χ1) is 7.06. The third kappa shape index (κ3) is 2.84. The van der Waals surface area contributed by atoms with Crippen LogP contribution in [0.2, 0.25) is 5.02 Å². The molecule has 0 saturated carbocycles. The Morgan fingerprint density at radius 1 is 1.60 bits per heavy atom. The lowest BCUT2D eigenvalue weighted by Gasteiger charge is -2.16. The molecule has 4 nitrogen and oxygen atoms in total. The highest BCUT2D eigenvalue weighted by Gasteiger charge is 2.14. The zero-order chi connectivity index (χ0) is 11.4. The second kappa shape index (κ2) is 5.00. The molecule has 0 saturated heterocycles. The smallest absolute Gasteiger partial charge is 0.255 e. The molecular formula is C10H13ClN2O2. The summed E-state index contributed by atoms with van der Waals surface area (Å²) in [6.07, 6.45) is 0. The van der Waals surface area contributed by atoms with Crippen molar-refractivity contribution in [1.82, 2.24) is 4.90 Å². The topological polar surface area (TPSA) is 66.6 Å². The highest BCUT2D eigenvalue weighted by atomic mass is 35.5. The van der Waals surface area contributed by atoms with Crippen LogP contribution in [0.4, 0.5) is 5.69 Å². The number of halogens is 1. The van der Waals surface area contributed by atoms with Crippen molar-refractivity contribution in [3.05, 3.63) is 28.8 Å². The van der Waals surface area contributed by atoms with Crippen molar-refractivity contribution >= 4 is 23.2 Å². The Bertz CT molecular complexity index is 368. The number of benzene rings is 1. The van der Waals surface area contributed by atoms with Gasteiger partial charge in [0.2, 0.25) is 0 Å². The molecule has 0 aliphatic carbocycles. The number of aliphatic hydroxyl groups excluding tert-OH is 1. The molecule has 0 aliphatic rings. The van der Waals surface area contributed by atoms with E-state index in [1.165, 1.54) is 11.0 Å². The third-order valence-electron chi connectivity index (χ3n) is 2.00. The van der Waals surface area contributed by atoms with Gasteiger partial charge in [0.15, 0.2) is 0 Å². The predicted octanol–water partition coefficient (Wildman–Crippen LogP) is 0.986. The van der Waals surface area contributed by atoms with Gasteiger partial charge in [-0.25, -0.2) is 0 Å². The van der Waals surface area contributed by atoms with E-state index in [2.05, 4.69) is 0 Å². The predicted molar refractivity (Wildman–Crippen MR) is 59.9 cm³/mol. The Labute approximate surface area is 93.2 Å². The van der Waals surface area contributed by atoms with Gasteiger partial charge in [0.1, 0.15) is 0 Å². The summed E-state index contributed by atoms with van der Waals surface area (Å²) in [5.41, 5.74) is 6.40. The highest BCUT2D eigenvalue weighted by molar-refractivity contribution is 6.33. The maximum Gasteiger partial charge on any atom is 0.255 e. The molecule has 0 aliphatic heterocycles. The molecule has 0 fully saturated rings. The molecule has 1 aromatic rings. The first-order valence-corrected chi connectivity index (χ1v) is 4.85. The summed E-state index contributed by atoms with van der Waals surface area (Å²) in [6.45, 7) is 0.187. The number of anilines is 1. The van der Waals surface area contributed by atoms with Crippen molar-refractivity contribution in [3.8, 4) is 0 Å². The fourth-order valence-electron chi connectivity index (χ4n) is 1.16. The molecule has 3 N–H and O–H groups in total. The molecule has 0 radical (unpaired) electrons. The lowest BCUT2D eigenvalue weighted by molar-refractivity contribution is 0.0767. The molecule has 82 valence electrons. The van der Waals surface area contributed by atoms with E-state index in [0.29, 0.717) is 16.3 Å². The fraction of sp³-hybridized carbons (Fsp3) is 0.300. The van der Waals surface area contributed by atoms with Crippen LogP contribution in [-0.2, 0) is 0 Å². The average Bonchev–Trinajstić information content (AvgIpc) is 2.21. The van der Waals surface area contributed by atoms with Gasteiger partial charge in [0, 0.05) is 19.3 Å². The molecule has 1 amide bonds. The number of nitrogen functional groups attached to an aromatic ring is 1. The molecule has 0 aromatic heterocycles. The monoisotopic (exact) mass is 228 g/mol. The van der Waals surface area contributed by atoms with Crippen LogP contribution in [0.15, 0.2) is 18.2 Å². The molecule has 0 atom stereocenters. The molecule has 15 heavy (non-hydrogen) atoms. The van der Waals surface area contributed by atoms with Crippen LogP contribution < -0.4 is 5.73 Å². The number of rotatable bonds is 3. The van der Waals surface area contributed by atoms with Crippen LogP contribution in [0.3, 0.4) is 0 Å². The Morgan fingerprint density at radius 2 is 2.27 bits per heavy atom. The number of carbonyl (C=O) groups excluding carboxylic acids is 1. The van der Waals surface area contributed by atoms with Crippen molar-refractivity contribution in [2.24, 2.45) is 0 Å². The van der Waals surface area contributed by atoms with Crippen LogP contribution in [0.25, 0.3) is 0 Å². The summed E-state index contributed by atoms with van der Waals surface area (Å²) in [5.74, 6) is -0.249. The van der Waals surface area contributed by atoms with Crippen LogP contribution in [-0.4, -0.2) is 36.1 Å². The minimum absolute atomic E-state index is 0.0812. The molecule has 5 heteroatoms. The second-order valence-electron chi connectivity index (χ2n) is 3.19. The largest absolute Gasteiger partial charge is 0.399 e. The van der Waals surface area contributed by atoms with E-state index < -0.39 is 0 Å². The molecule has 1 aromatic carbocycles. The SMILES string of the molecule is CN(CCO)C(=O)c1cc(N)ccc1Cl. The number of hydrogen-bond acceptors (Lipinski definition) is 3. The summed E-state index contributed by atoms with van der Waals surface area (Å²) in [5, 5.41) is 9.06. The summed E-state index contributed by atoms with van der Waals surface area (Å²) >= 11 is 5.87. The number of carbonyl (C=O) groups is 1. The van der Waals surface area contributed by atoms with E-state index in [1.807, 2.05) is 0 Å². The quantitative estimate of drug-likeness (QED) is 0.759. The van der Waals surface area contributed by atoms with E-state index in [0.717, 1.165) is 0 Å². The van der Waals surface area contributed by atoms with Gasteiger partial charge in [-0.2, -0.15) is 0 Å². The Balaban J connectivity index is 2.95. The zero-order valence-electron chi connectivity index (χ0n) is 8.40. The minimum atomic E-state index is -0.249. The lowest BCUT2D eigenvalue weighted by Crippen LogP contribution is -2.29. The van der Waals surface area contributed by atoms with Crippen molar-refractivity contribution < 1.29 is 9.90 Å². The summed E-state index contributed by atoms with van der Waals surface area (Å²) < 4.78 is 0. The van der Waals surface area contributed by atoms with Gasteiger partial charge in [-0.15, -0.1) is 0 Å². The molecule has 0 spiro atoms. The molecule has 0 heterocycles. The Kier molecular flexibility index (Phi) is 3.94. The standard InChI is InChI=1S/C10H13ClN2O2/c1-13(4-5-14)10(15)8-6-7(12)2-3-9(8)11/h2-3,6,14H,4-5,12H2,1H3. The number of nitrogens with two attached hydrogens (primary N) is 1. The number of hydrogen-bond donors (Lipinski definition) is 2. The molecule has 0 bridgehead atoms. The van der Waals surface area contributed by atoms with Crippen molar-refractivity contribution in [1.29, 1.82) is 0 Å². The maximum atomic E-state index is 11.8. The minimum Gasteiger partial charge on any atom is -0.399 e. The van der Waals surface area contributed by atoms with Gasteiger partial charge in [-0.3, -0.25) is 4.79 Å². The molecule has 0 unspecified atom stereocenters. The van der Waals surface area contributed by atoms with Crippen LogP contribution in [0.5, 0.6) is 0 Å². The Morgan fingerprint density at radius 3 is 2.87 bits per heavy atom. The van der Waals surface area contributed by atoms with Crippen LogP contribution >= 0.6 is 11.6 Å². The van der Waals surface area contributed by atoms with E-state index >= 15 is 0 Å². The second-order valence-corrected chi connectivity index (χ2v) is 3.60. The van der Waals surface area contributed by atoms with E-state index in [1.54, 1.807) is 19.2 Å². The van der Waals surface area contributed by atoms with E-state index in [9.17, 15) is 4.79 Å². The van der Waals surface area contributed by atoms with Gasteiger partial charge in [0.25, 0.3) is 5.91 Å². The summed E-state index contributed by atoms with van der Waals surface area (Å²) in [6, 6.07) is 4.74. The highest BCUT2D eigenvalue weighted by Crippen LogP contribution is 2.20. The van der Waals surface area contributed by atoms with E-state index in [-0.39, 0.29) is 19.1 Å². The zero-order valence-corrected chi connectivity index (χ0v) is 9.16. The number of nitrogens with zero attached hydrogens (tertiary/aromatic N) is 1. The number of amides is 1. The third-order valence-corrected chi connectivity index (χ3v) is 2.33. The summed E-state index contributed by atoms with van der Waals surface area (Å²) in [7, 11) is 1.60. The van der Waals surface area contributed by atoms with Crippen molar-refractivity contribution in [2.75, 3.05) is 25.9 Å². The van der Waals surface area contributed by atoms with Crippen molar-refractivity contribution in [3.63, 3.8) is 0 Å². The number of aliphatic hydroxyl groups is 1. The Hall–Kier alpha value is -1.26. The van der Waals surface area contributed by atoms with Gasteiger partial charge < -0.3 is 15.7 Å². The maximum absolute atomic E-state index is 11.8. The van der Waals surface area contributed by atoms with Crippen LogP contribution in [0.1, 0.15) is 10.4 Å². The first kappa shape index (κ1) is 11.8. The van der Waals surface area contributed by atoms with E-state index in [4.69, 9.17) is 22.4 Å². The molecular weight excluding hydrogens is 216 g/mol. The summed E-state index contributed by atoms with van der Waals surface area (Å²) in [4.78, 5) is 13.2. The average molecular weight is 229 g/mol. The lowest BCUT2D eigenvalue weighted by atomic mass is 10.2. The first-order valence-electron chi connectivity index (χ1n) is 4.47. The number of likely N-dealkylation sites (N-methyl/N-ethyl adjacent to an activating group) is 1. The molecule has 1 rings (SSSR count).